The summed E-state index contributed by atoms with van der Waals surface area (Å²) in [6.07, 6.45) is 1.58. The monoisotopic (exact) mass is 353 g/mol. The van der Waals surface area contributed by atoms with Crippen LogP contribution in [0.5, 0.6) is 0 Å². The third kappa shape index (κ3) is 3.42. The quantitative estimate of drug-likeness (QED) is 0.517. The highest BCUT2D eigenvalue weighted by molar-refractivity contribution is 5.62. The predicted molar refractivity (Wildman–Crippen MR) is 94.7 cm³/mol. The fraction of sp³-hybridized carbons (Fsp3) is 0.118. The minimum Gasteiger partial charge on any atom is -0.340 e. The number of aromatic amines is 1. The van der Waals surface area contributed by atoms with Crippen LogP contribution in [-0.4, -0.2) is 26.9 Å². The third-order valence-electron chi connectivity index (χ3n) is 3.94. The molecule has 26 heavy (non-hydrogen) atoms. The van der Waals surface area contributed by atoms with Gasteiger partial charge in [-0.25, -0.2) is 4.98 Å². The van der Waals surface area contributed by atoms with Gasteiger partial charge in [0.05, 0.1) is 27.8 Å². The lowest BCUT2D eigenvalue weighted by Crippen LogP contribution is -2.19. The van der Waals surface area contributed by atoms with E-state index >= 15 is 0 Å². The van der Waals surface area contributed by atoms with Crippen LogP contribution in [0.1, 0.15) is 17.4 Å². The van der Waals surface area contributed by atoms with Crippen molar-refractivity contribution in [2.75, 3.05) is 7.05 Å². The van der Waals surface area contributed by atoms with E-state index in [-0.39, 0.29) is 17.4 Å². The molecule has 1 atom stereocenters. The molecule has 0 aliphatic rings. The summed E-state index contributed by atoms with van der Waals surface area (Å²) in [6.45, 7) is 0. The standard InChI is InChI=1S/C17H15N5O4/c1-18-16(12-5-3-7-14(9-12)22(25)26)17-19-10-15(20-17)11-4-2-6-13(8-11)21(23)24/h2-10,16,18H,1H3,(H,19,20). The minimum atomic E-state index is -0.458. The Kier molecular flexibility index (Phi) is 4.72. The van der Waals surface area contributed by atoms with E-state index in [4.69, 9.17) is 0 Å². The molecule has 2 N–H and O–H groups in total. The molecule has 1 unspecified atom stereocenters. The number of nitrogens with zero attached hydrogens (tertiary/aromatic N) is 3. The lowest BCUT2D eigenvalue weighted by atomic mass is 10.1. The Morgan fingerprint density at radius 3 is 2.35 bits per heavy atom. The van der Waals surface area contributed by atoms with E-state index in [0.29, 0.717) is 22.6 Å². The smallest absolute Gasteiger partial charge is 0.270 e. The van der Waals surface area contributed by atoms with Crippen molar-refractivity contribution in [3.63, 3.8) is 0 Å². The molecule has 3 rings (SSSR count). The molecule has 0 fully saturated rings. The van der Waals surface area contributed by atoms with Crippen LogP contribution in [0.25, 0.3) is 11.3 Å². The molecule has 0 saturated carbocycles. The van der Waals surface area contributed by atoms with E-state index in [1.807, 2.05) is 0 Å². The SMILES string of the molecule is CNC(c1cccc([N+](=O)[O-])c1)c1ncc(-c2cccc([N+](=O)[O-])c2)[nH]1. The number of nitrogens with one attached hydrogen (secondary N) is 2. The number of rotatable bonds is 6. The number of benzene rings is 2. The maximum atomic E-state index is 11.0. The Labute approximate surface area is 148 Å². The normalized spacial score (nSPS) is 11.9. The molecule has 0 aliphatic heterocycles. The molecule has 0 radical (unpaired) electrons. The van der Waals surface area contributed by atoms with Gasteiger partial charge in [0.25, 0.3) is 11.4 Å². The molecule has 0 amide bonds. The van der Waals surface area contributed by atoms with Crippen molar-refractivity contribution in [3.8, 4) is 11.3 Å². The van der Waals surface area contributed by atoms with Crippen LogP contribution in [0.15, 0.2) is 54.7 Å². The lowest BCUT2D eigenvalue weighted by molar-refractivity contribution is -0.385. The van der Waals surface area contributed by atoms with Gasteiger partial charge in [-0.1, -0.05) is 24.3 Å². The summed E-state index contributed by atoms with van der Waals surface area (Å²) in [6, 6.07) is 12.1. The van der Waals surface area contributed by atoms with Gasteiger partial charge < -0.3 is 10.3 Å². The first-order valence-corrected chi connectivity index (χ1v) is 7.71. The van der Waals surface area contributed by atoms with E-state index in [1.165, 1.54) is 24.3 Å². The molecular formula is C17H15N5O4. The average molecular weight is 353 g/mol. The molecule has 9 heteroatoms. The fourth-order valence-electron chi connectivity index (χ4n) is 2.70. The van der Waals surface area contributed by atoms with Crippen LogP contribution in [0.4, 0.5) is 11.4 Å². The molecule has 1 aromatic heterocycles. The van der Waals surface area contributed by atoms with Crippen molar-refractivity contribution in [3.05, 3.63) is 86.3 Å². The van der Waals surface area contributed by atoms with Gasteiger partial charge in [-0.3, -0.25) is 20.2 Å². The molecule has 0 spiro atoms. The van der Waals surface area contributed by atoms with E-state index in [0.717, 1.165) is 0 Å². The zero-order chi connectivity index (χ0) is 18.7. The van der Waals surface area contributed by atoms with Gasteiger partial charge in [-0.15, -0.1) is 0 Å². The van der Waals surface area contributed by atoms with Crippen LogP contribution in [-0.2, 0) is 0 Å². The topological polar surface area (TPSA) is 127 Å². The summed E-state index contributed by atoms with van der Waals surface area (Å²) in [5, 5.41) is 25.0. The first-order chi connectivity index (χ1) is 12.5. The second-order valence-corrected chi connectivity index (χ2v) is 5.56. The molecule has 132 valence electrons. The Hall–Kier alpha value is -3.59. The maximum absolute atomic E-state index is 11.0. The maximum Gasteiger partial charge on any atom is 0.270 e. The molecule has 0 saturated heterocycles. The zero-order valence-electron chi connectivity index (χ0n) is 13.7. The number of H-pyrrole nitrogens is 1. The highest BCUT2D eigenvalue weighted by atomic mass is 16.6. The number of nitro benzene ring substituents is 2. The van der Waals surface area contributed by atoms with E-state index in [2.05, 4.69) is 15.3 Å². The first-order valence-electron chi connectivity index (χ1n) is 7.71. The number of aromatic nitrogens is 2. The molecule has 9 nitrogen and oxygen atoms in total. The molecule has 0 aliphatic carbocycles. The zero-order valence-corrected chi connectivity index (χ0v) is 13.7. The molecular weight excluding hydrogens is 338 g/mol. The predicted octanol–water partition coefficient (Wildman–Crippen LogP) is 3.20. The lowest BCUT2D eigenvalue weighted by Gasteiger charge is -2.14. The van der Waals surface area contributed by atoms with Crippen molar-refractivity contribution in [1.29, 1.82) is 0 Å². The number of hydrogen-bond donors (Lipinski definition) is 2. The van der Waals surface area contributed by atoms with Crippen molar-refractivity contribution < 1.29 is 9.85 Å². The Morgan fingerprint density at radius 1 is 1.04 bits per heavy atom. The second-order valence-electron chi connectivity index (χ2n) is 5.56. The molecule has 1 heterocycles. The third-order valence-corrected chi connectivity index (χ3v) is 3.94. The summed E-state index contributed by atoms with van der Waals surface area (Å²) in [5.41, 5.74) is 1.92. The number of imidazole rings is 1. The molecule has 3 aromatic rings. The highest BCUT2D eigenvalue weighted by Crippen LogP contribution is 2.27. The largest absolute Gasteiger partial charge is 0.340 e. The second kappa shape index (κ2) is 7.11. The first kappa shape index (κ1) is 17.2. The Balaban J connectivity index is 1.95. The molecule has 0 bridgehead atoms. The minimum absolute atomic E-state index is 0.00628. The van der Waals surface area contributed by atoms with Crippen LogP contribution in [0.3, 0.4) is 0 Å². The van der Waals surface area contributed by atoms with Gasteiger partial charge in [-0.05, 0) is 12.6 Å². The number of hydrogen-bond acceptors (Lipinski definition) is 6. The summed E-state index contributed by atoms with van der Waals surface area (Å²) in [4.78, 5) is 28.5. The number of nitro groups is 2. The Bertz CT molecular complexity index is 969. The van der Waals surface area contributed by atoms with Gasteiger partial charge in [-0.2, -0.15) is 0 Å². The van der Waals surface area contributed by atoms with Gasteiger partial charge in [0.1, 0.15) is 5.82 Å². The molecule has 2 aromatic carbocycles. The van der Waals surface area contributed by atoms with Crippen molar-refractivity contribution in [2.24, 2.45) is 0 Å². The van der Waals surface area contributed by atoms with E-state index in [9.17, 15) is 20.2 Å². The van der Waals surface area contributed by atoms with Crippen molar-refractivity contribution in [1.82, 2.24) is 15.3 Å². The van der Waals surface area contributed by atoms with Gasteiger partial charge in [0.15, 0.2) is 0 Å². The number of non-ortho nitro benzene ring substituents is 2. The summed E-state index contributed by atoms with van der Waals surface area (Å²) in [5.74, 6) is 0.550. The Morgan fingerprint density at radius 2 is 1.69 bits per heavy atom. The highest BCUT2D eigenvalue weighted by Gasteiger charge is 2.19. The summed E-state index contributed by atoms with van der Waals surface area (Å²) >= 11 is 0. The van der Waals surface area contributed by atoms with E-state index in [1.54, 1.807) is 37.5 Å². The van der Waals surface area contributed by atoms with Gasteiger partial charge >= 0.3 is 0 Å². The van der Waals surface area contributed by atoms with Crippen molar-refractivity contribution in [2.45, 2.75) is 6.04 Å². The average Bonchev–Trinajstić information content (AvgIpc) is 3.12. The van der Waals surface area contributed by atoms with Gasteiger partial charge in [0.2, 0.25) is 0 Å². The van der Waals surface area contributed by atoms with Gasteiger partial charge in [0, 0.05) is 29.8 Å². The van der Waals surface area contributed by atoms with Crippen LogP contribution in [0.2, 0.25) is 0 Å². The van der Waals surface area contributed by atoms with Crippen molar-refractivity contribution >= 4 is 11.4 Å². The fourth-order valence-corrected chi connectivity index (χ4v) is 2.70. The summed E-state index contributed by atoms with van der Waals surface area (Å²) < 4.78 is 0. The summed E-state index contributed by atoms with van der Waals surface area (Å²) in [7, 11) is 1.72. The van der Waals surface area contributed by atoms with Crippen LogP contribution in [0, 0.1) is 20.2 Å². The van der Waals surface area contributed by atoms with E-state index < -0.39 is 9.85 Å². The van der Waals surface area contributed by atoms with Crippen LogP contribution < -0.4 is 5.32 Å². The van der Waals surface area contributed by atoms with Crippen LogP contribution >= 0.6 is 0 Å².